The van der Waals surface area contributed by atoms with Gasteiger partial charge in [-0.25, -0.2) is 0 Å². The average molecular weight is 235 g/mol. The van der Waals surface area contributed by atoms with Crippen LogP contribution in [0.25, 0.3) is 0 Å². The van der Waals surface area contributed by atoms with Crippen molar-refractivity contribution in [2.75, 3.05) is 0 Å². The van der Waals surface area contributed by atoms with E-state index < -0.39 is 0 Å². The summed E-state index contributed by atoms with van der Waals surface area (Å²) in [5.74, 6) is 1.48. The van der Waals surface area contributed by atoms with E-state index in [0.29, 0.717) is 18.3 Å². The van der Waals surface area contributed by atoms with E-state index in [1.807, 2.05) is 13.8 Å². The Morgan fingerprint density at radius 2 is 2.06 bits per heavy atom. The molecule has 0 aromatic rings. The van der Waals surface area contributed by atoms with Crippen LogP contribution in [0.4, 0.5) is 0 Å². The molecule has 0 spiro atoms. The van der Waals surface area contributed by atoms with Gasteiger partial charge in [-0.3, -0.25) is 4.79 Å². The molecule has 3 rings (SSSR count). The topological polar surface area (TPSA) is 49.3 Å². The number of hydrogen-bond acceptors (Lipinski definition) is 2. The van der Waals surface area contributed by atoms with Crippen LogP contribution in [-0.2, 0) is 4.79 Å². The van der Waals surface area contributed by atoms with Gasteiger partial charge < -0.3 is 10.4 Å². The summed E-state index contributed by atoms with van der Waals surface area (Å²) in [4.78, 5) is 12.2. The average Bonchev–Trinajstić information content (AvgIpc) is 2.90. The third-order valence-corrected chi connectivity index (χ3v) is 5.15. The molecule has 0 heterocycles. The number of carbonyl (C=O) groups excluding carboxylic acids is 1. The Kier molecular flexibility index (Phi) is 2.37. The molecule has 1 amide bonds. The molecular formula is C14H21NO2. The van der Waals surface area contributed by atoms with Crippen molar-refractivity contribution in [3.8, 4) is 0 Å². The standard InChI is InChI=1S/C14H21NO2/c1-14(2)11(7-12(14)16)15-13(17)10-6-8-3-4-9(10)5-8/h3-4,8-12,16H,5-7H2,1-2H3,(H,15,17). The smallest absolute Gasteiger partial charge is 0.223 e. The van der Waals surface area contributed by atoms with Gasteiger partial charge in [0.25, 0.3) is 0 Å². The fourth-order valence-corrected chi connectivity index (χ4v) is 3.51. The van der Waals surface area contributed by atoms with Gasteiger partial charge in [0.2, 0.25) is 5.91 Å². The van der Waals surface area contributed by atoms with Crippen molar-refractivity contribution >= 4 is 5.91 Å². The van der Waals surface area contributed by atoms with Crippen LogP contribution >= 0.6 is 0 Å². The molecule has 3 nitrogen and oxygen atoms in total. The van der Waals surface area contributed by atoms with Crippen LogP contribution in [-0.4, -0.2) is 23.2 Å². The van der Waals surface area contributed by atoms with Crippen molar-refractivity contribution in [1.82, 2.24) is 5.32 Å². The molecule has 0 saturated heterocycles. The highest BCUT2D eigenvalue weighted by Crippen LogP contribution is 2.45. The zero-order valence-electron chi connectivity index (χ0n) is 10.5. The lowest BCUT2D eigenvalue weighted by molar-refractivity contribution is -0.133. The number of amides is 1. The summed E-state index contributed by atoms with van der Waals surface area (Å²) in [6.45, 7) is 4.04. The predicted molar refractivity (Wildman–Crippen MR) is 65.2 cm³/mol. The molecule has 0 aromatic carbocycles. The minimum Gasteiger partial charge on any atom is -0.392 e. The number of hydrogen-bond donors (Lipinski definition) is 2. The first-order valence-electron chi connectivity index (χ1n) is 6.65. The van der Waals surface area contributed by atoms with Crippen LogP contribution in [0.2, 0.25) is 0 Å². The maximum absolute atomic E-state index is 12.2. The van der Waals surface area contributed by atoms with Crippen molar-refractivity contribution < 1.29 is 9.90 Å². The maximum atomic E-state index is 12.2. The fraction of sp³-hybridized carbons (Fsp3) is 0.786. The molecule has 2 fully saturated rings. The van der Waals surface area contributed by atoms with Crippen LogP contribution < -0.4 is 5.32 Å². The number of nitrogens with one attached hydrogen (secondary N) is 1. The molecule has 3 aliphatic carbocycles. The molecular weight excluding hydrogens is 214 g/mol. The van der Waals surface area contributed by atoms with Crippen molar-refractivity contribution in [2.45, 2.75) is 45.3 Å². The molecule has 0 aliphatic heterocycles. The summed E-state index contributed by atoms with van der Waals surface area (Å²) >= 11 is 0. The predicted octanol–water partition coefficient (Wildman–Crippen LogP) is 1.47. The highest BCUT2D eigenvalue weighted by Gasteiger charge is 2.49. The first-order chi connectivity index (χ1) is 7.98. The largest absolute Gasteiger partial charge is 0.392 e. The first-order valence-corrected chi connectivity index (χ1v) is 6.65. The van der Waals surface area contributed by atoms with Gasteiger partial charge in [-0.2, -0.15) is 0 Å². The molecule has 3 heteroatoms. The normalized spacial score (nSPS) is 45.7. The Labute approximate surface area is 102 Å². The molecule has 0 aromatic heterocycles. The summed E-state index contributed by atoms with van der Waals surface area (Å²) in [5.41, 5.74) is -0.164. The Morgan fingerprint density at radius 3 is 2.53 bits per heavy atom. The van der Waals surface area contributed by atoms with E-state index >= 15 is 0 Å². The van der Waals surface area contributed by atoms with Gasteiger partial charge in [0.05, 0.1) is 6.10 Å². The molecule has 17 heavy (non-hydrogen) atoms. The van der Waals surface area contributed by atoms with E-state index in [0.717, 1.165) is 12.8 Å². The number of aliphatic hydroxyl groups is 1. The number of aliphatic hydroxyl groups excluding tert-OH is 1. The van der Waals surface area contributed by atoms with Gasteiger partial charge in [-0.1, -0.05) is 26.0 Å². The SMILES string of the molecule is CC1(C)C(O)CC1NC(=O)C1CC2C=CC1C2. The van der Waals surface area contributed by atoms with Crippen LogP contribution in [0.3, 0.4) is 0 Å². The minimum absolute atomic E-state index is 0.146. The Bertz CT molecular complexity index is 374. The number of fused-ring (bicyclic) bond motifs is 2. The molecule has 2 N–H and O–H groups in total. The summed E-state index contributed by atoms with van der Waals surface area (Å²) < 4.78 is 0. The Balaban J connectivity index is 1.60. The van der Waals surface area contributed by atoms with Gasteiger partial charge in [0, 0.05) is 17.4 Å². The van der Waals surface area contributed by atoms with Crippen LogP contribution in [0.1, 0.15) is 33.1 Å². The Morgan fingerprint density at radius 1 is 1.29 bits per heavy atom. The van der Waals surface area contributed by atoms with Crippen molar-refractivity contribution in [1.29, 1.82) is 0 Å². The van der Waals surface area contributed by atoms with Crippen molar-refractivity contribution in [3.05, 3.63) is 12.2 Å². The molecule has 0 radical (unpaired) electrons. The quantitative estimate of drug-likeness (QED) is 0.712. The monoisotopic (exact) mass is 235 g/mol. The summed E-state index contributed by atoms with van der Waals surface area (Å²) in [7, 11) is 0. The molecule has 94 valence electrons. The zero-order chi connectivity index (χ0) is 12.2. The third kappa shape index (κ3) is 1.63. The van der Waals surface area contributed by atoms with E-state index in [1.54, 1.807) is 0 Å². The van der Waals surface area contributed by atoms with E-state index in [9.17, 15) is 9.90 Å². The first kappa shape index (κ1) is 11.3. The van der Waals surface area contributed by atoms with Crippen LogP contribution in [0, 0.1) is 23.2 Å². The summed E-state index contributed by atoms with van der Waals surface area (Å²) in [5, 5.41) is 12.8. The van der Waals surface area contributed by atoms with Crippen LogP contribution in [0.5, 0.6) is 0 Å². The van der Waals surface area contributed by atoms with Gasteiger partial charge >= 0.3 is 0 Å². The van der Waals surface area contributed by atoms with Gasteiger partial charge in [0.1, 0.15) is 0 Å². The number of carbonyl (C=O) groups is 1. The number of rotatable bonds is 2. The van der Waals surface area contributed by atoms with Crippen molar-refractivity contribution in [2.24, 2.45) is 23.2 Å². The second-order valence-corrected chi connectivity index (χ2v) is 6.52. The zero-order valence-corrected chi connectivity index (χ0v) is 10.5. The second-order valence-electron chi connectivity index (χ2n) is 6.52. The minimum atomic E-state index is -0.271. The van der Waals surface area contributed by atoms with Gasteiger partial charge in [-0.15, -0.1) is 0 Å². The van der Waals surface area contributed by atoms with Crippen LogP contribution in [0.15, 0.2) is 12.2 Å². The van der Waals surface area contributed by atoms with Crippen molar-refractivity contribution in [3.63, 3.8) is 0 Å². The lowest BCUT2D eigenvalue weighted by atomic mass is 9.64. The van der Waals surface area contributed by atoms with E-state index in [2.05, 4.69) is 17.5 Å². The molecule has 2 bridgehead atoms. The summed E-state index contributed by atoms with van der Waals surface area (Å²) in [6, 6.07) is 0.146. The van der Waals surface area contributed by atoms with E-state index in [-0.39, 0.29) is 29.4 Å². The van der Waals surface area contributed by atoms with E-state index in [4.69, 9.17) is 0 Å². The van der Waals surface area contributed by atoms with E-state index in [1.165, 1.54) is 0 Å². The molecule has 2 saturated carbocycles. The molecule has 5 unspecified atom stereocenters. The molecule has 5 atom stereocenters. The lowest BCUT2D eigenvalue weighted by Gasteiger charge is -2.49. The highest BCUT2D eigenvalue weighted by atomic mass is 16.3. The van der Waals surface area contributed by atoms with Gasteiger partial charge in [0.15, 0.2) is 0 Å². The Hall–Kier alpha value is -0.830. The molecule has 3 aliphatic rings. The maximum Gasteiger partial charge on any atom is 0.223 e. The van der Waals surface area contributed by atoms with Gasteiger partial charge in [-0.05, 0) is 31.1 Å². The number of allylic oxidation sites excluding steroid dienone is 2. The fourth-order valence-electron chi connectivity index (χ4n) is 3.51. The second kappa shape index (κ2) is 3.58. The third-order valence-electron chi connectivity index (χ3n) is 5.15. The summed E-state index contributed by atoms with van der Waals surface area (Å²) in [6.07, 6.45) is 7.07. The highest BCUT2D eigenvalue weighted by molar-refractivity contribution is 5.80. The lowest BCUT2D eigenvalue weighted by Crippen LogP contribution is -2.62.